The van der Waals surface area contributed by atoms with E-state index in [1.807, 2.05) is 21.1 Å². The Morgan fingerprint density at radius 1 is 0.372 bits per heavy atom. The van der Waals surface area contributed by atoms with E-state index in [4.69, 9.17) is 18.5 Å². The van der Waals surface area contributed by atoms with Gasteiger partial charge in [0.05, 0.1) is 27.7 Å². The van der Waals surface area contributed by atoms with Crippen molar-refractivity contribution < 1.29 is 42.1 Å². The molecule has 0 aliphatic heterocycles. The second-order valence-electron chi connectivity index (χ2n) is 25.6. The Hall–Kier alpha value is -2.81. The number of phosphoric acid groups is 1. The molecule has 0 rings (SSSR count). The summed E-state index contributed by atoms with van der Waals surface area (Å²) in [6, 6.07) is 0. The monoisotopic (exact) mass is 1230 g/mol. The average Bonchev–Trinajstić information content (AvgIpc) is 3.56. The van der Waals surface area contributed by atoms with Crippen molar-refractivity contribution in [3.63, 3.8) is 0 Å². The number of likely N-dealkylation sites (N-methyl/N-ethyl adjacent to an activating group) is 1. The van der Waals surface area contributed by atoms with Crippen molar-refractivity contribution in [2.75, 3.05) is 47.5 Å². The van der Waals surface area contributed by atoms with E-state index >= 15 is 0 Å². The molecule has 0 fully saturated rings. The summed E-state index contributed by atoms with van der Waals surface area (Å²) in [6.45, 7) is 4.36. The molecule has 0 radical (unpaired) electrons. The van der Waals surface area contributed by atoms with E-state index < -0.39 is 26.5 Å². The fourth-order valence-corrected chi connectivity index (χ4v) is 11.1. The Bertz CT molecular complexity index is 1730. The lowest BCUT2D eigenvalue weighted by atomic mass is 10.0. The van der Waals surface area contributed by atoms with Crippen LogP contribution < -0.4 is 0 Å². The van der Waals surface area contributed by atoms with Crippen molar-refractivity contribution in [1.82, 2.24) is 0 Å². The fourth-order valence-electron chi connectivity index (χ4n) is 10.4. The number of carbonyl (C=O) groups excluding carboxylic acids is 2. The molecular weight excluding hydrogens is 1090 g/mol. The van der Waals surface area contributed by atoms with Crippen LogP contribution in [0.2, 0.25) is 0 Å². The van der Waals surface area contributed by atoms with Crippen molar-refractivity contribution >= 4 is 19.8 Å². The van der Waals surface area contributed by atoms with Gasteiger partial charge in [-0.2, -0.15) is 0 Å². The van der Waals surface area contributed by atoms with Crippen LogP contribution in [0, 0.1) is 0 Å². The minimum Gasteiger partial charge on any atom is -0.462 e. The van der Waals surface area contributed by atoms with Crippen molar-refractivity contribution in [3.8, 4) is 0 Å². The van der Waals surface area contributed by atoms with Crippen LogP contribution in [0.5, 0.6) is 0 Å². The van der Waals surface area contributed by atoms with Gasteiger partial charge in [0.15, 0.2) is 6.10 Å². The SMILES string of the molecule is CC/C=C\C/C=C\C/C=C\C/C=C\C/C=C\C/C=C\CCCCCCCCCCCCCCCCCCCCCCC(=O)OC(COC(=O)CCCCCCCCCCCCC/C=C\CCCCCCCCCC)COP(=O)(O)OCC[N+](C)(C)C. The van der Waals surface area contributed by atoms with Crippen LogP contribution in [0.15, 0.2) is 85.1 Å². The van der Waals surface area contributed by atoms with Crippen LogP contribution >= 0.6 is 7.82 Å². The predicted molar refractivity (Wildman–Crippen MR) is 372 cm³/mol. The number of ether oxygens (including phenoxy) is 2. The number of nitrogens with zero attached hydrogens (tertiary/aromatic N) is 1. The van der Waals surface area contributed by atoms with Gasteiger partial charge in [-0.1, -0.05) is 317 Å². The van der Waals surface area contributed by atoms with Crippen molar-refractivity contribution in [3.05, 3.63) is 85.1 Å². The Kier molecular flexibility index (Phi) is 64.4. The van der Waals surface area contributed by atoms with Gasteiger partial charge in [-0.15, -0.1) is 0 Å². The highest BCUT2D eigenvalue weighted by Gasteiger charge is 2.27. The van der Waals surface area contributed by atoms with E-state index in [1.54, 1.807) is 0 Å². The molecule has 2 atom stereocenters. The van der Waals surface area contributed by atoms with E-state index in [1.165, 1.54) is 231 Å². The summed E-state index contributed by atoms with van der Waals surface area (Å²) in [5.41, 5.74) is 0. The standard InChI is InChI=1S/C76H138NO8P/c1-6-8-10-12-14-16-18-20-22-24-26-28-30-31-32-33-34-35-36-37-38-39-40-41-42-43-44-45-47-49-51-53-55-57-59-61-63-65-67-69-76(79)85-74(73-84-86(80,81)83-71-70-77(3,4)5)72-82-75(78)68-66-64-62-60-58-56-54-52-50-48-46-29-27-25-23-21-19-17-15-13-11-9-7-2/h8,10,14,16,20,22,25-28,31-32,34-35,74H,6-7,9,11-13,15,17-19,21,23-24,29-30,33,36-73H2,1-5H3/p+1/b10-8-,16-14-,22-20-,27-25-,28-26-,32-31-,35-34-. The molecule has 0 amide bonds. The highest BCUT2D eigenvalue weighted by molar-refractivity contribution is 7.47. The van der Waals surface area contributed by atoms with E-state index in [9.17, 15) is 19.0 Å². The quantitative estimate of drug-likeness (QED) is 0.0211. The third-order valence-corrected chi connectivity index (χ3v) is 16.9. The van der Waals surface area contributed by atoms with Gasteiger partial charge in [0, 0.05) is 12.8 Å². The molecule has 0 aromatic heterocycles. The van der Waals surface area contributed by atoms with E-state index in [0.717, 1.165) is 70.6 Å². The van der Waals surface area contributed by atoms with Gasteiger partial charge >= 0.3 is 19.8 Å². The molecule has 0 saturated carbocycles. The first-order valence-corrected chi connectivity index (χ1v) is 37.8. The van der Waals surface area contributed by atoms with Crippen LogP contribution in [-0.2, 0) is 32.7 Å². The Morgan fingerprint density at radius 2 is 0.663 bits per heavy atom. The Balaban J connectivity index is 3.97. The zero-order valence-corrected chi connectivity index (χ0v) is 57.9. The number of carbonyl (C=O) groups is 2. The lowest BCUT2D eigenvalue weighted by Crippen LogP contribution is -2.37. The first-order chi connectivity index (χ1) is 42.0. The van der Waals surface area contributed by atoms with Gasteiger partial charge in [0.1, 0.15) is 19.8 Å². The second-order valence-corrected chi connectivity index (χ2v) is 27.0. The zero-order valence-electron chi connectivity index (χ0n) is 57.0. The molecule has 0 heterocycles. The summed E-state index contributed by atoms with van der Waals surface area (Å²) in [5, 5.41) is 0. The first kappa shape index (κ1) is 83.2. The number of phosphoric ester groups is 1. The van der Waals surface area contributed by atoms with Crippen molar-refractivity contribution in [2.45, 2.75) is 341 Å². The van der Waals surface area contributed by atoms with Gasteiger partial charge in [0.2, 0.25) is 0 Å². The Morgan fingerprint density at radius 3 is 1.00 bits per heavy atom. The van der Waals surface area contributed by atoms with Crippen LogP contribution in [0.25, 0.3) is 0 Å². The molecule has 2 unspecified atom stereocenters. The third kappa shape index (κ3) is 70.3. The molecule has 86 heavy (non-hydrogen) atoms. The second kappa shape index (κ2) is 66.6. The molecule has 500 valence electrons. The summed E-state index contributed by atoms with van der Waals surface area (Å²) in [6.07, 6.45) is 91.3. The lowest BCUT2D eigenvalue weighted by Gasteiger charge is -2.24. The average molecular weight is 1230 g/mol. The molecular formula is C76H139NO8P+. The summed E-state index contributed by atoms with van der Waals surface area (Å²) in [4.78, 5) is 35.9. The summed E-state index contributed by atoms with van der Waals surface area (Å²) in [7, 11) is 1.49. The normalized spacial score (nSPS) is 13.6. The minimum absolute atomic E-state index is 0.0318. The molecule has 0 aliphatic carbocycles. The first-order valence-electron chi connectivity index (χ1n) is 36.3. The van der Waals surface area contributed by atoms with Crippen LogP contribution in [0.3, 0.4) is 0 Å². The van der Waals surface area contributed by atoms with Crippen molar-refractivity contribution in [1.29, 1.82) is 0 Å². The summed E-state index contributed by atoms with van der Waals surface area (Å²) >= 11 is 0. The number of rotatable bonds is 67. The molecule has 0 aliphatic rings. The van der Waals surface area contributed by atoms with Crippen molar-refractivity contribution in [2.24, 2.45) is 0 Å². The van der Waals surface area contributed by atoms with Gasteiger partial charge in [-0.25, -0.2) is 4.57 Å². The lowest BCUT2D eigenvalue weighted by molar-refractivity contribution is -0.870. The number of quaternary nitrogens is 1. The van der Waals surface area contributed by atoms with Gasteiger partial charge in [-0.05, 0) is 89.9 Å². The van der Waals surface area contributed by atoms with E-state index in [0.29, 0.717) is 17.4 Å². The van der Waals surface area contributed by atoms with Crippen LogP contribution in [-0.4, -0.2) is 74.9 Å². The van der Waals surface area contributed by atoms with E-state index in [-0.39, 0.29) is 32.0 Å². The zero-order chi connectivity index (χ0) is 62.6. The fraction of sp³-hybridized carbons (Fsp3) is 0.789. The Labute approximate surface area is 532 Å². The minimum atomic E-state index is -4.39. The number of esters is 2. The molecule has 0 aromatic carbocycles. The molecule has 10 heteroatoms. The maximum atomic E-state index is 12.9. The predicted octanol–water partition coefficient (Wildman–Crippen LogP) is 23.7. The van der Waals surface area contributed by atoms with Gasteiger partial charge in [-0.3, -0.25) is 18.6 Å². The van der Waals surface area contributed by atoms with E-state index in [2.05, 4.69) is 98.9 Å². The molecule has 0 aromatic rings. The van der Waals surface area contributed by atoms with Crippen LogP contribution in [0.1, 0.15) is 335 Å². The molecule has 0 bridgehead atoms. The summed E-state index contributed by atoms with van der Waals surface area (Å²) in [5.74, 6) is -0.784. The number of unbranched alkanes of at least 4 members (excludes halogenated alkanes) is 39. The molecule has 0 saturated heterocycles. The smallest absolute Gasteiger partial charge is 0.462 e. The largest absolute Gasteiger partial charge is 0.472 e. The number of allylic oxidation sites excluding steroid dienone is 14. The number of hydrogen-bond donors (Lipinski definition) is 1. The van der Waals surface area contributed by atoms with Gasteiger partial charge < -0.3 is 18.9 Å². The topological polar surface area (TPSA) is 108 Å². The highest BCUT2D eigenvalue weighted by atomic mass is 31.2. The van der Waals surface area contributed by atoms with Crippen LogP contribution in [0.4, 0.5) is 0 Å². The maximum Gasteiger partial charge on any atom is 0.472 e. The molecule has 1 N–H and O–H groups in total. The molecule has 9 nitrogen and oxygen atoms in total. The third-order valence-electron chi connectivity index (χ3n) is 15.9. The van der Waals surface area contributed by atoms with Gasteiger partial charge in [0.25, 0.3) is 0 Å². The molecule has 0 spiro atoms. The number of hydrogen-bond acceptors (Lipinski definition) is 7. The highest BCUT2D eigenvalue weighted by Crippen LogP contribution is 2.43. The maximum absolute atomic E-state index is 12.9. The summed E-state index contributed by atoms with van der Waals surface area (Å²) < 4.78 is 34.7.